The number of amides is 2. The Hall–Kier alpha value is -8.86. The number of phenols is 1. The summed E-state index contributed by atoms with van der Waals surface area (Å²) in [5.41, 5.74) is 10.1. The van der Waals surface area contributed by atoms with Crippen molar-refractivity contribution in [1.29, 1.82) is 0 Å². The second-order valence-corrected chi connectivity index (χ2v) is 25.1. The second kappa shape index (κ2) is 27.3. The van der Waals surface area contributed by atoms with E-state index < -0.39 is 19.7 Å². The van der Waals surface area contributed by atoms with Crippen LogP contribution in [0.15, 0.2) is 192 Å². The third kappa shape index (κ3) is 16.6. The number of ketones is 2. The Balaban J connectivity index is 0.000000239. The molecule has 2 amide bonds. The third-order valence-electron chi connectivity index (χ3n) is 13.6. The summed E-state index contributed by atoms with van der Waals surface area (Å²) in [6.45, 7) is 0. The van der Waals surface area contributed by atoms with Gasteiger partial charge in [0.15, 0.2) is 19.7 Å². The van der Waals surface area contributed by atoms with Crippen molar-refractivity contribution in [2.45, 2.75) is 47.0 Å². The number of rotatable bonds is 21. The van der Waals surface area contributed by atoms with Crippen LogP contribution in [0.4, 0.5) is 11.4 Å². The smallest absolute Gasteiger partial charge is 0.253 e. The van der Waals surface area contributed by atoms with Crippen molar-refractivity contribution in [3.8, 4) is 33.8 Å². The van der Waals surface area contributed by atoms with Gasteiger partial charge in [-0.1, -0.05) is 109 Å². The van der Waals surface area contributed by atoms with Crippen molar-refractivity contribution < 1.29 is 45.9 Å². The predicted molar refractivity (Wildman–Crippen MR) is 329 cm³/mol. The minimum Gasteiger partial charge on any atom is -0.507 e. The lowest BCUT2D eigenvalue weighted by Gasteiger charge is -2.14. The van der Waals surface area contributed by atoms with E-state index in [4.69, 9.17) is 4.74 Å². The molecule has 430 valence electrons. The first-order valence-corrected chi connectivity index (χ1v) is 30.0. The van der Waals surface area contributed by atoms with Gasteiger partial charge in [0.1, 0.15) is 32.9 Å². The summed E-state index contributed by atoms with van der Waals surface area (Å²) < 4.78 is 59.7. The first-order chi connectivity index (χ1) is 39.4. The van der Waals surface area contributed by atoms with Gasteiger partial charge in [-0.15, -0.1) is 0 Å². The SMILES string of the molecule is CN(C)C(=O)c1cccc(-c2ccc(O)c(S(=O)(=O)Cc3cccc(CC(=O)Cc4cccc(N(C)C)c4)c3)c2)c1.COc1ccc(-c2cccc(C(=O)N(C)C)c2)cc1S(=O)(=O)Cc1cccc(CC(=O)Cc2cccc(N(C)C)c2)c1. The van der Waals surface area contributed by atoms with Crippen molar-refractivity contribution in [3.63, 3.8) is 0 Å². The number of benzene rings is 8. The van der Waals surface area contributed by atoms with Gasteiger partial charge in [-0.25, -0.2) is 16.8 Å². The number of aromatic hydroxyl groups is 1. The molecular formula is C67H70N4O10S2. The second-order valence-electron chi connectivity index (χ2n) is 21.2. The normalized spacial score (nSPS) is 11.2. The minimum atomic E-state index is -3.94. The van der Waals surface area contributed by atoms with Crippen LogP contribution in [-0.4, -0.2) is 119 Å². The molecule has 0 saturated carbocycles. The molecule has 0 bridgehead atoms. The van der Waals surface area contributed by atoms with Crippen molar-refractivity contribution in [2.24, 2.45) is 0 Å². The first-order valence-electron chi connectivity index (χ1n) is 26.7. The molecule has 1 N–H and O–H groups in total. The third-order valence-corrected chi connectivity index (χ3v) is 17.1. The summed E-state index contributed by atoms with van der Waals surface area (Å²) in [4.78, 5) is 57.4. The van der Waals surface area contributed by atoms with Crippen LogP contribution in [0.2, 0.25) is 0 Å². The summed E-state index contributed by atoms with van der Waals surface area (Å²) in [5, 5.41) is 10.5. The molecule has 0 radical (unpaired) electrons. The molecule has 0 spiro atoms. The highest BCUT2D eigenvalue weighted by molar-refractivity contribution is 7.91. The van der Waals surface area contributed by atoms with E-state index in [1.165, 1.54) is 29.0 Å². The number of methoxy groups -OCH3 is 1. The van der Waals surface area contributed by atoms with Gasteiger partial charge in [0.2, 0.25) is 0 Å². The summed E-state index contributed by atoms with van der Waals surface area (Å²) in [5.74, 6) is -0.921. The molecule has 83 heavy (non-hydrogen) atoms. The average molecular weight is 1160 g/mol. The Kier molecular flexibility index (Phi) is 20.3. The molecule has 16 heteroatoms. The molecule has 0 aromatic heterocycles. The van der Waals surface area contributed by atoms with Crippen LogP contribution in [-0.2, 0) is 66.5 Å². The monoisotopic (exact) mass is 1150 g/mol. The summed E-state index contributed by atoms with van der Waals surface area (Å²) in [7, 11) is 8.17. The van der Waals surface area contributed by atoms with E-state index >= 15 is 0 Å². The number of carbonyl (C=O) groups is 4. The van der Waals surface area contributed by atoms with Gasteiger partial charge < -0.3 is 29.4 Å². The molecule has 0 heterocycles. The van der Waals surface area contributed by atoms with E-state index in [-0.39, 0.29) is 75.4 Å². The van der Waals surface area contributed by atoms with E-state index in [1.807, 2.05) is 105 Å². The fourth-order valence-electron chi connectivity index (χ4n) is 9.40. The van der Waals surface area contributed by atoms with Crippen LogP contribution >= 0.6 is 0 Å². The van der Waals surface area contributed by atoms with Crippen LogP contribution in [0.25, 0.3) is 22.3 Å². The van der Waals surface area contributed by atoms with Crippen LogP contribution in [0.3, 0.4) is 0 Å². The lowest BCUT2D eigenvalue weighted by molar-refractivity contribution is -0.118. The number of carbonyl (C=O) groups excluding carboxylic acids is 4. The minimum absolute atomic E-state index is 0.0289. The van der Waals surface area contributed by atoms with Crippen LogP contribution < -0.4 is 14.5 Å². The molecule has 14 nitrogen and oxygen atoms in total. The van der Waals surface area contributed by atoms with Crippen molar-refractivity contribution >= 4 is 54.4 Å². The van der Waals surface area contributed by atoms with Crippen LogP contribution in [0.1, 0.15) is 54.1 Å². The molecule has 0 saturated heterocycles. The number of hydrogen-bond acceptors (Lipinski definition) is 12. The molecule has 8 aromatic rings. The number of phenolic OH excluding ortho intramolecular Hbond substituents is 1. The summed E-state index contributed by atoms with van der Waals surface area (Å²) in [6.07, 6.45) is 0.978. The molecule has 0 unspecified atom stereocenters. The molecule has 8 rings (SSSR count). The van der Waals surface area contributed by atoms with Crippen molar-refractivity contribution in [2.75, 3.05) is 73.3 Å². The maximum Gasteiger partial charge on any atom is 0.253 e. The summed E-state index contributed by atoms with van der Waals surface area (Å²) in [6, 6.07) is 53.2. The maximum atomic E-state index is 13.7. The molecular weight excluding hydrogens is 1080 g/mol. The zero-order chi connectivity index (χ0) is 60.2. The van der Waals surface area contributed by atoms with E-state index in [0.717, 1.165) is 39.2 Å². The lowest BCUT2D eigenvalue weighted by Crippen LogP contribution is -2.21. The molecule has 0 atom stereocenters. The molecule has 8 aromatic carbocycles. The average Bonchev–Trinajstić information content (AvgIpc) is 3.48. The number of Topliss-reactive ketones (excluding diaryl/α,β-unsaturated/α-hetero) is 2. The molecule has 0 aliphatic rings. The molecule has 0 fully saturated rings. The molecule has 0 aliphatic heterocycles. The quantitative estimate of drug-likeness (QED) is 0.0721. The number of hydrogen-bond donors (Lipinski definition) is 1. The lowest BCUT2D eigenvalue weighted by atomic mass is 10.0. The standard InChI is InChI=1S/C34H36N2O5S.C33H34N2O5S/c1-35(2)30-14-7-10-25(18-30)20-31(37)19-24-9-6-11-26(17-24)23-42(39,40)33-22-28(15-16-32(33)41-5)27-12-8-13-29(21-27)34(38)36(3)4;1-34(2)29-13-6-9-24(17-29)19-30(36)18-23-8-5-10-25(16-23)22-41(39,40)32-21-27(14-15-31(32)37)26-11-7-12-28(20-26)33(38)35(3)4/h6-18,21-22H,19-20,23H2,1-5H3;5-17,20-21,37H,18-19,22H2,1-4H3. The number of ether oxygens (including phenoxy) is 1. The van der Waals surface area contributed by atoms with Gasteiger partial charge >= 0.3 is 0 Å². The van der Waals surface area contributed by atoms with E-state index in [2.05, 4.69) is 0 Å². The van der Waals surface area contributed by atoms with Gasteiger partial charge in [0.25, 0.3) is 11.8 Å². The fourth-order valence-corrected chi connectivity index (χ4v) is 12.4. The van der Waals surface area contributed by atoms with E-state index in [0.29, 0.717) is 45.4 Å². The number of nitrogens with zero attached hydrogens (tertiary/aromatic N) is 4. The largest absolute Gasteiger partial charge is 0.507 e. The van der Waals surface area contributed by atoms with E-state index in [1.54, 1.807) is 131 Å². The predicted octanol–water partition coefficient (Wildman–Crippen LogP) is 10.6. The maximum absolute atomic E-state index is 13.7. The van der Waals surface area contributed by atoms with Gasteiger partial charge in [0, 0.05) is 105 Å². The first kappa shape index (κ1) is 61.8. The fraction of sp³-hybridized carbons (Fsp3) is 0.224. The molecule has 0 aliphatic carbocycles. The zero-order valence-electron chi connectivity index (χ0n) is 48.3. The highest BCUT2D eigenvalue weighted by Crippen LogP contribution is 2.34. The highest BCUT2D eigenvalue weighted by Gasteiger charge is 2.24. The van der Waals surface area contributed by atoms with Crippen molar-refractivity contribution in [1.82, 2.24) is 9.80 Å². The number of anilines is 2. The summed E-state index contributed by atoms with van der Waals surface area (Å²) >= 11 is 0. The van der Waals surface area contributed by atoms with Crippen molar-refractivity contribution in [3.05, 3.63) is 226 Å². The number of sulfone groups is 2. The zero-order valence-corrected chi connectivity index (χ0v) is 49.9. The Morgan fingerprint density at radius 3 is 1.16 bits per heavy atom. The van der Waals surface area contributed by atoms with Gasteiger partial charge in [0.05, 0.1) is 18.6 Å². The van der Waals surface area contributed by atoms with Gasteiger partial charge in [-0.2, -0.15) is 0 Å². The topological polar surface area (TPSA) is 179 Å². The Labute approximate surface area is 488 Å². The van der Waals surface area contributed by atoms with E-state index in [9.17, 15) is 41.1 Å². The van der Waals surface area contributed by atoms with Crippen LogP contribution in [0, 0.1) is 0 Å². The Morgan fingerprint density at radius 1 is 0.398 bits per heavy atom. The van der Waals surface area contributed by atoms with Gasteiger partial charge in [-0.05, 0) is 128 Å². The Morgan fingerprint density at radius 2 is 0.747 bits per heavy atom. The highest BCUT2D eigenvalue weighted by atomic mass is 32.2. The van der Waals surface area contributed by atoms with Gasteiger partial charge in [-0.3, -0.25) is 19.2 Å². The van der Waals surface area contributed by atoms with Crippen LogP contribution in [0.5, 0.6) is 11.5 Å². The Bertz CT molecular complexity index is 3910.